The monoisotopic (exact) mass is 674 g/mol. The van der Waals surface area contributed by atoms with Crippen molar-refractivity contribution in [3.63, 3.8) is 0 Å². The van der Waals surface area contributed by atoms with E-state index in [0.29, 0.717) is 36.0 Å². The van der Waals surface area contributed by atoms with Gasteiger partial charge >= 0.3 is 6.03 Å². The Labute approximate surface area is 289 Å². The van der Waals surface area contributed by atoms with Crippen LogP contribution in [0.15, 0.2) is 72.8 Å². The van der Waals surface area contributed by atoms with E-state index in [0.717, 1.165) is 24.8 Å². The molecule has 0 spiro atoms. The number of hydrogen-bond donors (Lipinski definition) is 3. The third kappa shape index (κ3) is 11.0. The summed E-state index contributed by atoms with van der Waals surface area (Å²) in [6, 6.07) is 20.6. The molecule has 3 aromatic carbocycles. The summed E-state index contributed by atoms with van der Waals surface area (Å²) in [5.41, 5.74) is 2.19. The summed E-state index contributed by atoms with van der Waals surface area (Å²) in [5.74, 6) is 0.515. The molecule has 0 unspecified atom stereocenters. The summed E-state index contributed by atoms with van der Waals surface area (Å²) in [5, 5.41) is 15.8. The zero-order chi connectivity index (χ0) is 35.3. The van der Waals surface area contributed by atoms with E-state index < -0.39 is 12.1 Å². The van der Waals surface area contributed by atoms with Gasteiger partial charge in [0.05, 0.1) is 44.0 Å². The first-order valence-electron chi connectivity index (χ1n) is 16.9. The van der Waals surface area contributed by atoms with Gasteiger partial charge in [0, 0.05) is 44.0 Å². The third-order valence-corrected chi connectivity index (χ3v) is 8.74. The molecule has 0 saturated heterocycles. The van der Waals surface area contributed by atoms with Crippen LogP contribution in [0.2, 0.25) is 0 Å². The van der Waals surface area contributed by atoms with Gasteiger partial charge in [-0.15, -0.1) is 0 Å². The molecule has 0 saturated carbocycles. The number of urea groups is 1. The second kappa shape index (κ2) is 18.2. The van der Waals surface area contributed by atoms with Gasteiger partial charge in [-0.1, -0.05) is 37.3 Å². The second-order valence-electron chi connectivity index (χ2n) is 12.8. The van der Waals surface area contributed by atoms with Gasteiger partial charge in [-0.2, -0.15) is 0 Å². The number of methoxy groups -OCH3 is 1. The standard InChI is InChI=1S/C38H50N4O7/c1-26-23-42(27(2)25-43)37(45)33-22-31(40-38(46)39-30-14-17-32(47-5)18-15-30)16-19-34(33)49-28(3)11-9-10-20-48-35(26)24-41(4)36(44)21-29-12-7-6-8-13-29/h6-8,12-19,22,26-28,35,43H,9-11,20-21,23-25H2,1-5H3,(H2,39,40,46)/t26-,27-,28+,35+/m1/s1. The summed E-state index contributed by atoms with van der Waals surface area (Å²) in [7, 11) is 3.35. The molecule has 1 heterocycles. The van der Waals surface area contributed by atoms with Crippen molar-refractivity contribution in [1.29, 1.82) is 0 Å². The molecule has 3 N–H and O–H groups in total. The fourth-order valence-electron chi connectivity index (χ4n) is 5.71. The molecule has 0 fully saturated rings. The van der Waals surface area contributed by atoms with Crippen LogP contribution in [0.3, 0.4) is 0 Å². The van der Waals surface area contributed by atoms with Crippen molar-refractivity contribution in [3.05, 3.63) is 83.9 Å². The quantitative estimate of drug-likeness (QED) is 0.260. The molecular formula is C38H50N4O7. The van der Waals surface area contributed by atoms with Crippen LogP contribution in [-0.4, -0.2) is 91.5 Å². The minimum Gasteiger partial charge on any atom is -0.497 e. The normalized spacial score (nSPS) is 19.4. The largest absolute Gasteiger partial charge is 0.497 e. The lowest BCUT2D eigenvalue weighted by molar-refractivity contribution is -0.131. The molecule has 49 heavy (non-hydrogen) atoms. The van der Waals surface area contributed by atoms with E-state index in [9.17, 15) is 19.5 Å². The van der Waals surface area contributed by atoms with Crippen LogP contribution in [0.1, 0.15) is 56.0 Å². The second-order valence-corrected chi connectivity index (χ2v) is 12.8. The number of carbonyl (C=O) groups excluding carboxylic acids is 3. The van der Waals surface area contributed by atoms with Crippen molar-refractivity contribution >= 4 is 29.2 Å². The van der Waals surface area contributed by atoms with Crippen LogP contribution in [0.25, 0.3) is 0 Å². The lowest BCUT2D eigenvalue weighted by Crippen LogP contribution is -2.48. The Bertz CT molecular complexity index is 1520. The summed E-state index contributed by atoms with van der Waals surface area (Å²) in [6.07, 6.45) is 2.16. The van der Waals surface area contributed by atoms with Gasteiger partial charge < -0.3 is 39.8 Å². The summed E-state index contributed by atoms with van der Waals surface area (Å²) >= 11 is 0. The number of ether oxygens (including phenoxy) is 3. The lowest BCUT2D eigenvalue weighted by Gasteiger charge is -2.36. The maximum atomic E-state index is 14.4. The number of nitrogens with one attached hydrogen (secondary N) is 2. The maximum Gasteiger partial charge on any atom is 0.323 e. The van der Waals surface area contributed by atoms with Gasteiger partial charge in [0.1, 0.15) is 11.5 Å². The highest BCUT2D eigenvalue weighted by Gasteiger charge is 2.31. The topological polar surface area (TPSA) is 130 Å². The number of amides is 4. The number of hydrogen-bond acceptors (Lipinski definition) is 7. The molecule has 1 aliphatic rings. The Hall–Kier alpha value is -4.61. The first kappa shape index (κ1) is 37.2. The van der Waals surface area contributed by atoms with Crippen LogP contribution in [0, 0.1) is 5.92 Å². The molecule has 0 radical (unpaired) electrons. The smallest absolute Gasteiger partial charge is 0.323 e. The van der Waals surface area contributed by atoms with Crippen molar-refractivity contribution in [2.45, 2.75) is 64.7 Å². The number of aliphatic hydroxyl groups is 1. The van der Waals surface area contributed by atoms with Crippen molar-refractivity contribution in [2.75, 3.05) is 51.1 Å². The number of likely N-dealkylation sites (N-methyl/N-ethyl adjacent to an activating group) is 1. The van der Waals surface area contributed by atoms with E-state index >= 15 is 0 Å². The highest BCUT2D eigenvalue weighted by Crippen LogP contribution is 2.29. The molecule has 0 aromatic heterocycles. The van der Waals surface area contributed by atoms with Gasteiger partial charge in [0.15, 0.2) is 0 Å². The Morgan fingerprint density at radius 1 is 1.02 bits per heavy atom. The van der Waals surface area contributed by atoms with E-state index in [1.165, 1.54) is 0 Å². The number of carbonyl (C=O) groups is 3. The zero-order valence-electron chi connectivity index (χ0n) is 29.2. The van der Waals surface area contributed by atoms with Crippen molar-refractivity contribution < 1.29 is 33.7 Å². The van der Waals surface area contributed by atoms with E-state index in [-0.39, 0.29) is 55.1 Å². The van der Waals surface area contributed by atoms with Gasteiger partial charge in [-0.3, -0.25) is 9.59 Å². The molecule has 0 aliphatic carbocycles. The summed E-state index contributed by atoms with van der Waals surface area (Å²) in [4.78, 5) is 43.7. The maximum absolute atomic E-state index is 14.4. The zero-order valence-corrected chi connectivity index (χ0v) is 29.2. The number of fused-ring (bicyclic) bond motifs is 1. The highest BCUT2D eigenvalue weighted by atomic mass is 16.5. The Morgan fingerprint density at radius 3 is 2.41 bits per heavy atom. The van der Waals surface area contributed by atoms with Crippen molar-refractivity contribution in [1.82, 2.24) is 9.80 Å². The van der Waals surface area contributed by atoms with Crippen LogP contribution in [0.4, 0.5) is 16.2 Å². The van der Waals surface area contributed by atoms with Gasteiger partial charge in [0.2, 0.25) is 5.91 Å². The van der Waals surface area contributed by atoms with Crippen molar-refractivity contribution in [3.8, 4) is 11.5 Å². The number of nitrogens with zero attached hydrogens (tertiary/aromatic N) is 2. The number of anilines is 2. The van der Waals surface area contributed by atoms with E-state index in [1.807, 2.05) is 44.2 Å². The fraction of sp³-hybridized carbons (Fsp3) is 0.447. The van der Waals surface area contributed by atoms with Gasteiger partial charge in [0.25, 0.3) is 5.91 Å². The molecule has 4 atom stereocenters. The van der Waals surface area contributed by atoms with E-state index in [1.54, 1.807) is 73.3 Å². The fourth-order valence-corrected chi connectivity index (χ4v) is 5.71. The van der Waals surface area contributed by atoms with Crippen molar-refractivity contribution in [2.24, 2.45) is 5.92 Å². The summed E-state index contributed by atoms with van der Waals surface area (Å²) < 4.78 is 17.9. The molecule has 3 aromatic rings. The Balaban J connectivity index is 1.57. The third-order valence-electron chi connectivity index (χ3n) is 8.74. The number of rotatable bonds is 9. The molecule has 11 heteroatoms. The van der Waals surface area contributed by atoms with Crippen LogP contribution in [0.5, 0.6) is 11.5 Å². The van der Waals surface area contributed by atoms with E-state index in [2.05, 4.69) is 10.6 Å². The molecule has 0 bridgehead atoms. The predicted octanol–water partition coefficient (Wildman–Crippen LogP) is 5.84. The van der Waals surface area contributed by atoms with Crippen LogP contribution in [-0.2, 0) is 16.0 Å². The SMILES string of the molecule is COc1ccc(NC(=O)Nc2ccc3c(c2)C(=O)N([C@H](C)CO)C[C@@H](C)[C@H](CN(C)C(=O)Cc2ccccc2)OCCCC[C@H](C)O3)cc1. The minimum absolute atomic E-state index is 0.0194. The minimum atomic E-state index is -0.527. The Kier molecular flexibility index (Phi) is 13.8. The highest BCUT2D eigenvalue weighted by molar-refractivity contribution is 6.02. The average Bonchev–Trinajstić information content (AvgIpc) is 3.10. The van der Waals surface area contributed by atoms with Gasteiger partial charge in [-0.05, 0) is 81.1 Å². The van der Waals surface area contributed by atoms with E-state index in [4.69, 9.17) is 14.2 Å². The molecule has 264 valence electrons. The Morgan fingerprint density at radius 2 is 1.71 bits per heavy atom. The molecule has 1 aliphatic heterocycles. The molecule has 11 nitrogen and oxygen atoms in total. The van der Waals surface area contributed by atoms with Gasteiger partial charge in [-0.25, -0.2) is 4.79 Å². The lowest BCUT2D eigenvalue weighted by atomic mass is 10.0. The van der Waals surface area contributed by atoms with Crippen LogP contribution >= 0.6 is 0 Å². The summed E-state index contributed by atoms with van der Waals surface area (Å²) in [6.45, 7) is 6.61. The molecule has 4 amide bonds. The molecular weight excluding hydrogens is 624 g/mol. The number of benzene rings is 3. The predicted molar refractivity (Wildman–Crippen MR) is 190 cm³/mol. The first-order valence-corrected chi connectivity index (χ1v) is 16.9. The molecule has 4 rings (SSSR count). The first-order chi connectivity index (χ1) is 23.6. The van der Waals surface area contributed by atoms with Crippen LogP contribution < -0.4 is 20.1 Å². The average molecular weight is 675 g/mol. The number of aliphatic hydroxyl groups excluding tert-OH is 1.